The van der Waals surface area contributed by atoms with E-state index >= 15 is 0 Å². The van der Waals surface area contributed by atoms with Crippen molar-refractivity contribution < 1.29 is 18.7 Å². The number of anilines is 1. The number of fused-ring (bicyclic) bond motifs is 1. The van der Waals surface area contributed by atoms with Gasteiger partial charge in [0.15, 0.2) is 0 Å². The van der Waals surface area contributed by atoms with Crippen molar-refractivity contribution >= 4 is 22.6 Å². The highest BCUT2D eigenvalue weighted by atomic mass is 16.5. The number of hydrogen-bond acceptors (Lipinski definition) is 5. The van der Waals surface area contributed by atoms with Crippen LogP contribution in [0.15, 0.2) is 46.9 Å². The van der Waals surface area contributed by atoms with E-state index in [0.29, 0.717) is 34.9 Å². The van der Waals surface area contributed by atoms with E-state index in [1.165, 1.54) is 0 Å². The Balaban J connectivity index is 2.06. The Hall–Kier alpha value is -2.95. The average Bonchev–Trinajstić information content (AvgIpc) is 3.00. The van der Waals surface area contributed by atoms with Gasteiger partial charge >= 0.3 is 5.97 Å². The van der Waals surface area contributed by atoms with Crippen LogP contribution in [0.4, 0.5) is 5.69 Å². The van der Waals surface area contributed by atoms with Gasteiger partial charge in [-0.3, -0.25) is 0 Å². The molecule has 0 amide bonds. The number of rotatable bonds is 5. The van der Waals surface area contributed by atoms with Crippen molar-refractivity contribution in [3.05, 3.63) is 53.8 Å². The maximum absolute atomic E-state index is 12.1. The van der Waals surface area contributed by atoms with E-state index in [0.717, 1.165) is 17.6 Å². The highest BCUT2D eigenvalue weighted by Crippen LogP contribution is 2.34. The zero-order valence-electron chi connectivity index (χ0n) is 13.7. The van der Waals surface area contributed by atoms with Crippen molar-refractivity contribution in [2.24, 2.45) is 0 Å². The summed E-state index contributed by atoms with van der Waals surface area (Å²) in [6.07, 6.45) is 0.755. The second-order valence-electron chi connectivity index (χ2n) is 5.34. The molecule has 2 aromatic carbocycles. The molecule has 0 fully saturated rings. The molecule has 124 valence electrons. The molecule has 3 aromatic rings. The molecule has 1 aromatic heterocycles. The number of nitrogen functional groups attached to an aromatic ring is 1. The zero-order chi connectivity index (χ0) is 17.1. The molecule has 0 aliphatic carbocycles. The molecule has 0 aliphatic rings. The third kappa shape index (κ3) is 3.20. The van der Waals surface area contributed by atoms with Gasteiger partial charge in [0.05, 0.1) is 17.6 Å². The van der Waals surface area contributed by atoms with Gasteiger partial charge in [-0.15, -0.1) is 0 Å². The topological polar surface area (TPSA) is 74.7 Å². The molecule has 0 bridgehead atoms. The van der Waals surface area contributed by atoms with Crippen LogP contribution in [0.1, 0.15) is 30.0 Å². The highest BCUT2D eigenvalue weighted by Gasteiger charge is 2.16. The summed E-state index contributed by atoms with van der Waals surface area (Å²) in [4.78, 5) is 12.1. The number of carbonyl (C=O) groups excluding carboxylic acids is 1. The van der Waals surface area contributed by atoms with Gasteiger partial charge < -0.3 is 19.6 Å². The first-order valence-electron chi connectivity index (χ1n) is 7.87. The fourth-order valence-electron chi connectivity index (χ4n) is 2.41. The van der Waals surface area contributed by atoms with Crippen molar-refractivity contribution in [3.8, 4) is 11.5 Å². The number of hydrogen-bond donors (Lipinski definition) is 1. The summed E-state index contributed by atoms with van der Waals surface area (Å²) in [7, 11) is 0. The molecule has 3 rings (SSSR count). The van der Waals surface area contributed by atoms with E-state index in [1.807, 2.05) is 13.0 Å². The summed E-state index contributed by atoms with van der Waals surface area (Å²) < 4.78 is 16.8. The largest absolute Gasteiger partial charge is 0.462 e. The molecule has 0 radical (unpaired) electrons. The summed E-state index contributed by atoms with van der Waals surface area (Å²) in [5.74, 6) is 1.60. The maximum Gasteiger partial charge on any atom is 0.338 e. The second kappa shape index (κ2) is 6.66. The van der Waals surface area contributed by atoms with Gasteiger partial charge in [-0.05, 0) is 49.4 Å². The minimum atomic E-state index is -0.406. The Morgan fingerprint density at radius 3 is 2.54 bits per heavy atom. The number of carbonyl (C=O) groups is 1. The molecule has 5 heteroatoms. The third-order valence-electron chi connectivity index (χ3n) is 3.62. The Bertz CT molecular complexity index is 865. The van der Waals surface area contributed by atoms with Crippen LogP contribution in [-0.4, -0.2) is 12.6 Å². The van der Waals surface area contributed by atoms with Crippen molar-refractivity contribution in [2.75, 3.05) is 12.3 Å². The first-order chi connectivity index (χ1) is 11.6. The number of esters is 1. The molecular formula is C19H19NO4. The molecule has 5 nitrogen and oxygen atoms in total. The number of benzene rings is 2. The second-order valence-corrected chi connectivity index (χ2v) is 5.34. The molecule has 0 spiro atoms. The summed E-state index contributed by atoms with van der Waals surface area (Å²) in [5, 5.41) is 0.816. The number of aryl methyl sites for hydroxylation is 1. The van der Waals surface area contributed by atoms with E-state index in [1.54, 1.807) is 43.3 Å². The lowest BCUT2D eigenvalue weighted by Crippen LogP contribution is -2.04. The van der Waals surface area contributed by atoms with E-state index in [-0.39, 0.29) is 0 Å². The molecule has 24 heavy (non-hydrogen) atoms. The van der Waals surface area contributed by atoms with Gasteiger partial charge in [-0.1, -0.05) is 6.92 Å². The van der Waals surface area contributed by atoms with Crippen LogP contribution >= 0.6 is 0 Å². The first kappa shape index (κ1) is 15.9. The van der Waals surface area contributed by atoms with Crippen LogP contribution in [0, 0.1) is 0 Å². The monoisotopic (exact) mass is 325 g/mol. The first-order valence-corrected chi connectivity index (χ1v) is 7.87. The van der Waals surface area contributed by atoms with Crippen LogP contribution in [-0.2, 0) is 11.2 Å². The number of ether oxygens (including phenoxy) is 2. The van der Waals surface area contributed by atoms with E-state index in [9.17, 15) is 4.79 Å². The minimum Gasteiger partial charge on any atom is -0.462 e. The normalized spacial score (nSPS) is 10.8. The van der Waals surface area contributed by atoms with Gasteiger partial charge in [-0.2, -0.15) is 0 Å². The van der Waals surface area contributed by atoms with E-state index in [4.69, 9.17) is 19.6 Å². The smallest absolute Gasteiger partial charge is 0.338 e. The molecule has 0 saturated heterocycles. The Morgan fingerprint density at radius 1 is 1.12 bits per heavy atom. The summed E-state index contributed by atoms with van der Waals surface area (Å²) >= 11 is 0. The molecule has 0 aliphatic heterocycles. The Labute approximate surface area is 140 Å². The number of nitrogens with two attached hydrogens (primary N) is 1. The molecule has 2 N–H and O–H groups in total. The van der Waals surface area contributed by atoms with Crippen LogP contribution in [0.5, 0.6) is 11.5 Å². The lowest BCUT2D eigenvalue weighted by atomic mass is 10.1. The quantitative estimate of drug-likeness (QED) is 0.550. The predicted molar refractivity (Wildman–Crippen MR) is 92.5 cm³/mol. The lowest BCUT2D eigenvalue weighted by molar-refractivity contribution is 0.0526. The van der Waals surface area contributed by atoms with Crippen LogP contribution in [0.3, 0.4) is 0 Å². The summed E-state index contributed by atoms with van der Waals surface area (Å²) in [5.41, 5.74) is 7.35. The van der Waals surface area contributed by atoms with Crippen molar-refractivity contribution in [1.29, 1.82) is 0 Å². The lowest BCUT2D eigenvalue weighted by Gasteiger charge is -2.09. The predicted octanol–water partition coefficient (Wildman–Crippen LogP) is 4.55. The molecular weight excluding hydrogens is 306 g/mol. The van der Waals surface area contributed by atoms with Gasteiger partial charge in [-0.25, -0.2) is 4.79 Å². The van der Waals surface area contributed by atoms with Gasteiger partial charge in [0.1, 0.15) is 22.8 Å². The Kier molecular flexibility index (Phi) is 4.42. The fraction of sp³-hybridized carbons (Fsp3) is 0.211. The summed E-state index contributed by atoms with van der Waals surface area (Å²) in [6.45, 7) is 4.08. The molecule has 0 saturated carbocycles. The van der Waals surface area contributed by atoms with Crippen molar-refractivity contribution in [3.63, 3.8) is 0 Å². The van der Waals surface area contributed by atoms with E-state index < -0.39 is 5.97 Å². The third-order valence-corrected chi connectivity index (χ3v) is 3.62. The fourth-order valence-corrected chi connectivity index (χ4v) is 2.41. The highest BCUT2D eigenvalue weighted by molar-refractivity contribution is 5.97. The maximum atomic E-state index is 12.1. The molecule has 1 heterocycles. The van der Waals surface area contributed by atoms with E-state index in [2.05, 4.69) is 0 Å². The Morgan fingerprint density at radius 2 is 1.88 bits per heavy atom. The zero-order valence-corrected chi connectivity index (χ0v) is 13.7. The standard InChI is InChI=1S/C19H19NO4/c1-3-14-11-16-17(23-14)9-12(19(21)22-4-2)10-18(16)24-15-7-5-13(20)6-8-15/h5-11H,3-4,20H2,1-2H3. The van der Waals surface area contributed by atoms with Gasteiger partial charge in [0.25, 0.3) is 0 Å². The molecule has 0 atom stereocenters. The van der Waals surface area contributed by atoms with Gasteiger partial charge in [0, 0.05) is 12.1 Å². The number of furan rings is 1. The molecule has 0 unspecified atom stereocenters. The van der Waals surface area contributed by atoms with Crippen LogP contribution < -0.4 is 10.5 Å². The van der Waals surface area contributed by atoms with Crippen molar-refractivity contribution in [2.45, 2.75) is 20.3 Å². The van der Waals surface area contributed by atoms with Crippen molar-refractivity contribution in [1.82, 2.24) is 0 Å². The summed E-state index contributed by atoms with van der Waals surface area (Å²) in [6, 6.07) is 12.4. The van der Waals surface area contributed by atoms with Gasteiger partial charge in [0.2, 0.25) is 0 Å². The van der Waals surface area contributed by atoms with Crippen LogP contribution in [0.25, 0.3) is 11.0 Å². The SMILES string of the molecule is CCOC(=O)c1cc(Oc2ccc(N)cc2)c2cc(CC)oc2c1. The van der Waals surface area contributed by atoms with Crippen LogP contribution in [0.2, 0.25) is 0 Å². The average molecular weight is 325 g/mol. The minimum absolute atomic E-state index is 0.309.